The number of aromatic amines is 1. The first-order valence-corrected chi connectivity index (χ1v) is 6.03. The van der Waals surface area contributed by atoms with Crippen LogP contribution in [0.3, 0.4) is 0 Å². The number of rotatable bonds is 2. The van der Waals surface area contributed by atoms with E-state index in [2.05, 4.69) is 11.1 Å². The molecule has 0 saturated carbocycles. The molecule has 0 saturated heterocycles. The zero-order chi connectivity index (χ0) is 11.5. The number of pyridine rings is 1. The highest BCUT2D eigenvalue weighted by molar-refractivity contribution is 7.98. The molecule has 0 aliphatic heterocycles. The fourth-order valence-electron chi connectivity index (χ4n) is 1.58. The lowest BCUT2D eigenvalue weighted by Crippen LogP contribution is -2.13. The summed E-state index contributed by atoms with van der Waals surface area (Å²) in [7, 11) is 0. The molecule has 0 fully saturated rings. The number of nitrogens with one attached hydrogen (secondary N) is 1. The molecule has 0 bridgehead atoms. The molecule has 0 atom stereocenters. The molecule has 0 unspecified atom stereocenters. The van der Waals surface area contributed by atoms with Gasteiger partial charge in [0, 0.05) is 18.6 Å². The van der Waals surface area contributed by atoms with Gasteiger partial charge in [0.15, 0.2) is 5.69 Å². The molecule has 2 rings (SSSR count). The van der Waals surface area contributed by atoms with Gasteiger partial charge in [-0.2, -0.15) is 5.26 Å². The molecule has 16 heavy (non-hydrogen) atoms. The zero-order valence-electron chi connectivity index (χ0n) is 9.07. The van der Waals surface area contributed by atoms with Crippen LogP contribution in [0.15, 0.2) is 33.9 Å². The van der Waals surface area contributed by atoms with Crippen LogP contribution >= 0.6 is 11.8 Å². The number of H-pyrrole nitrogens is 1. The van der Waals surface area contributed by atoms with E-state index in [1.54, 1.807) is 6.26 Å². The number of furan rings is 1. The van der Waals surface area contributed by atoms with Crippen molar-refractivity contribution in [1.82, 2.24) is 0 Å². The molecule has 0 amide bonds. The summed E-state index contributed by atoms with van der Waals surface area (Å²) in [5.41, 5.74) is 2.48. The quantitative estimate of drug-likeness (QED) is 0.746. The maximum atomic E-state index is 9.20. The van der Waals surface area contributed by atoms with Crippen molar-refractivity contribution in [3.05, 3.63) is 35.7 Å². The van der Waals surface area contributed by atoms with Gasteiger partial charge < -0.3 is 4.42 Å². The summed E-state index contributed by atoms with van der Waals surface area (Å²) in [5, 5.41) is 10.1. The van der Waals surface area contributed by atoms with Crippen LogP contribution in [0.5, 0.6) is 0 Å². The van der Waals surface area contributed by atoms with Gasteiger partial charge in [-0.15, -0.1) is 0 Å². The third-order valence-corrected chi connectivity index (χ3v) is 2.98. The molecule has 0 aliphatic rings. The Balaban J connectivity index is 2.69. The smallest absolute Gasteiger partial charge is 0.257 e. The topological polar surface area (TPSA) is 51.1 Å². The van der Waals surface area contributed by atoms with E-state index in [0.29, 0.717) is 5.56 Å². The van der Waals surface area contributed by atoms with Crippen molar-refractivity contribution in [3.63, 3.8) is 0 Å². The fraction of sp³-hybridized carbons (Fsp3) is 0.167. The van der Waals surface area contributed by atoms with Crippen LogP contribution in [0.1, 0.15) is 11.3 Å². The summed E-state index contributed by atoms with van der Waals surface area (Å²) in [6.45, 7) is 1.97. The minimum absolute atomic E-state index is 0.632. The maximum Gasteiger partial charge on any atom is 0.257 e. The number of hydrogen-bond acceptors (Lipinski definition) is 3. The molecule has 0 aliphatic carbocycles. The van der Waals surface area contributed by atoms with E-state index in [9.17, 15) is 5.26 Å². The van der Waals surface area contributed by atoms with Gasteiger partial charge in [0.05, 0.1) is 6.26 Å². The van der Waals surface area contributed by atoms with E-state index in [1.807, 2.05) is 31.4 Å². The predicted octanol–water partition coefficient (Wildman–Crippen LogP) is 2.66. The lowest BCUT2D eigenvalue weighted by Gasteiger charge is -2.01. The van der Waals surface area contributed by atoms with Crippen LogP contribution in [0.4, 0.5) is 0 Å². The van der Waals surface area contributed by atoms with Crippen molar-refractivity contribution in [2.75, 3.05) is 6.26 Å². The molecular formula is C12H11N2OS+. The number of nitriles is 1. The second kappa shape index (κ2) is 4.42. The van der Waals surface area contributed by atoms with E-state index < -0.39 is 0 Å². The minimum atomic E-state index is 0.632. The summed E-state index contributed by atoms with van der Waals surface area (Å²) in [6, 6.07) is 7.83. The van der Waals surface area contributed by atoms with Gasteiger partial charge in [-0.25, -0.2) is 4.98 Å². The number of thioether (sulfide) groups is 1. The Morgan fingerprint density at radius 3 is 2.88 bits per heavy atom. The van der Waals surface area contributed by atoms with E-state index in [4.69, 9.17) is 4.42 Å². The molecule has 80 valence electrons. The van der Waals surface area contributed by atoms with Crippen LogP contribution < -0.4 is 4.98 Å². The molecule has 3 nitrogen and oxygen atoms in total. The maximum absolute atomic E-state index is 9.20. The third-order valence-electron chi connectivity index (χ3n) is 2.27. The van der Waals surface area contributed by atoms with Crippen LogP contribution in [0.2, 0.25) is 0 Å². The Bertz CT molecular complexity index is 541. The third kappa shape index (κ3) is 1.82. The highest BCUT2D eigenvalue weighted by atomic mass is 32.2. The lowest BCUT2D eigenvalue weighted by atomic mass is 10.1. The number of aromatic nitrogens is 1. The first kappa shape index (κ1) is 10.8. The Hall–Kier alpha value is -1.73. The van der Waals surface area contributed by atoms with Crippen LogP contribution in [-0.2, 0) is 0 Å². The summed E-state index contributed by atoms with van der Waals surface area (Å²) >= 11 is 1.53. The van der Waals surface area contributed by atoms with Crippen molar-refractivity contribution < 1.29 is 9.40 Å². The Morgan fingerprint density at radius 2 is 2.31 bits per heavy atom. The van der Waals surface area contributed by atoms with Crippen molar-refractivity contribution in [3.8, 4) is 17.4 Å². The largest absolute Gasteiger partial charge is 0.464 e. The van der Waals surface area contributed by atoms with Gasteiger partial charge in [-0.1, -0.05) is 11.8 Å². The highest BCUT2D eigenvalue weighted by Crippen LogP contribution is 2.28. The predicted molar refractivity (Wildman–Crippen MR) is 61.9 cm³/mol. The average Bonchev–Trinajstić information content (AvgIpc) is 2.81. The van der Waals surface area contributed by atoms with E-state index in [-0.39, 0.29) is 0 Å². The number of nitrogens with zero attached hydrogens (tertiary/aromatic N) is 1. The summed E-state index contributed by atoms with van der Waals surface area (Å²) in [6.07, 6.45) is 3.55. The standard InChI is InChI=1S/C12H10N2OS/c1-8-6-9(11-4-3-5-15-11)10(7-13)12(14-8)16-2/h3-6H,1-2H3/p+1. The van der Waals surface area contributed by atoms with E-state index in [0.717, 1.165) is 22.0 Å². The minimum Gasteiger partial charge on any atom is -0.464 e. The molecule has 2 aromatic rings. The summed E-state index contributed by atoms with van der Waals surface area (Å²) in [4.78, 5) is 3.18. The van der Waals surface area contributed by atoms with Gasteiger partial charge in [-0.05, 0) is 18.4 Å². The van der Waals surface area contributed by atoms with Gasteiger partial charge >= 0.3 is 0 Å². The molecule has 2 heterocycles. The number of aryl methyl sites for hydroxylation is 1. The normalized spacial score (nSPS) is 10.1. The van der Waals surface area contributed by atoms with Gasteiger partial charge in [0.25, 0.3) is 5.03 Å². The van der Waals surface area contributed by atoms with Crippen molar-refractivity contribution in [2.24, 2.45) is 0 Å². The second-order valence-electron chi connectivity index (χ2n) is 3.36. The van der Waals surface area contributed by atoms with Gasteiger partial charge in [0.2, 0.25) is 0 Å². The SMILES string of the molecule is CSc1[nH+]c(C)cc(-c2ccco2)c1C#N. The van der Waals surface area contributed by atoms with Crippen LogP contribution in [0, 0.1) is 18.3 Å². The molecule has 0 spiro atoms. The van der Waals surface area contributed by atoms with Gasteiger partial charge in [0.1, 0.15) is 17.4 Å². The lowest BCUT2D eigenvalue weighted by molar-refractivity contribution is -0.435. The van der Waals surface area contributed by atoms with Crippen molar-refractivity contribution in [2.45, 2.75) is 11.9 Å². The van der Waals surface area contributed by atoms with Crippen LogP contribution in [-0.4, -0.2) is 6.26 Å². The van der Waals surface area contributed by atoms with Crippen molar-refractivity contribution in [1.29, 1.82) is 5.26 Å². The van der Waals surface area contributed by atoms with E-state index >= 15 is 0 Å². The molecular weight excluding hydrogens is 220 g/mol. The first-order chi connectivity index (χ1) is 7.76. The Kier molecular flexibility index (Phi) is 2.97. The van der Waals surface area contributed by atoms with E-state index in [1.165, 1.54) is 11.8 Å². The summed E-state index contributed by atoms with van der Waals surface area (Å²) < 4.78 is 5.34. The van der Waals surface area contributed by atoms with Gasteiger partial charge in [-0.3, -0.25) is 0 Å². The Morgan fingerprint density at radius 1 is 1.50 bits per heavy atom. The van der Waals surface area contributed by atoms with Crippen LogP contribution in [0.25, 0.3) is 11.3 Å². The highest BCUT2D eigenvalue weighted by Gasteiger charge is 2.18. The molecule has 2 aromatic heterocycles. The molecule has 4 heteroatoms. The second-order valence-corrected chi connectivity index (χ2v) is 4.18. The van der Waals surface area contributed by atoms with Crippen molar-refractivity contribution >= 4 is 11.8 Å². The first-order valence-electron chi connectivity index (χ1n) is 4.81. The Labute approximate surface area is 98.1 Å². The zero-order valence-corrected chi connectivity index (χ0v) is 9.89. The monoisotopic (exact) mass is 231 g/mol. The average molecular weight is 231 g/mol. The molecule has 1 N–H and O–H groups in total. The summed E-state index contributed by atoms with van der Waals surface area (Å²) in [5.74, 6) is 0.726. The molecule has 0 radical (unpaired) electrons. The number of hydrogen-bond donors (Lipinski definition) is 0. The fourth-order valence-corrected chi connectivity index (χ4v) is 2.20. The molecule has 0 aromatic carbocycles.